The van der Waals surface area contributed by atoms with E-state index in [0.717, 1.165) is 12.5 Å². The molecule has 0 saturated heterocycles. The van der Waals surface area contributed by atoms with Crippen molar-refractivity contribution in [1.82, 2.24) is 10.3 Å². The van der Waals surface area contributed by atoms with Crippen LogP contribution in [0.25, 0.3) is 0 Å². The van der Waals surface area contributed by atoms with Crippen LogP contribution in [0.1, 0.15) is 31.9 Å². The molecule has 0 fully saturated rings. The third-order valence-electron chi connectivity index (χ3n) is 3.80. The molecule has 1 aromatic carbocycles. The predicted molar refractivity (Wildman–Crippen MR) is 68.8 cm³/mol. The van der Waals surface area contributed by atoms with Crippen LogP contribution in [-0.4, -0.2) is 24.5 Å². The van der Waals surface area contributed by atoms with Gasteiger partial charge in [0.2, 0.25) is 0 Å². The van der Waals surface area contributed by atoms with Gasteiger partial charge in [0, 0.05) is 17.2 Å². The first-order chi connectivity index (χ1) is 8.36. The van der Waals surface area contributed by atoms with Crippen molar-refractivity contribution in [1.29, 1.82) is 0 Å². The van der Waals surface area contributed by atoms with E-state index in [1.54, 1.807) is 0 Å². The summed E-state index contributed by atoms with van der Waals surface area (Å²) in [6.45, 7) is 3.99. The van der Waals surface area contributed by atoms with Crippen LogP contribution in [0.2, 0.25) is 0 Å². The third-order valence-corrected chi connectivity index (χ3v) is 3.80. The summed E-state index contributed by atoms with van der Waals surface area (Å²) >= 11 is 0. The maximum absolute atomic E-state index is 13.9. The normalized spacial score (nSPS) is 16.7. The predicted octanol–water partition coefficient (Wildman–Crippen LogP) is 2.20. The molecule has 0 bridgehead atoms. The number of nitrogens with zero attached hydrogens (tertiary/aromatic N) is 1. The number of hydrogen-bond acceptors (Lipinski definition) is 3. The molecule has 0 aromatic heterocycles. The van der Waals surface area contributed by atoms with E-state index in [-0.39, 0.29) is 5.54 Å². The van der Waals surface area contributed by atoms with Gasteiger partial charge in [-0.1, -0.05) is 13.0 Å². The zero-order chi connectivity index (χ0) is 13.9. The minimum absolute atomic E-state index is 0.368. The highest BCUT2D eigenvalue weighted by molar-refractivity contribution is 5.25. The van der Waals surface area contributed by atoms with Gasteiger partial charge in [-0.15, -0.1) is 0 Å². The van der Waals surface area contributed by atoms with Gasteiger partial charge in [-0.2, -0.15) is 0 Å². The minimum Gasteiger partial charge on any atom is -0.302 e. The van der Waals surface area contributed by atoms with Gasteiger partial charge in [0.05, 0.1) is 6.04 Å². The zero-order valence-corrected chi connectivity index (χ0v) is 11.3. The maximum atomic E-state index is 13.9. The standard InChI is InChI=1S/C13H21F2N3/c1-5-13(2,18(3)4)12(17-16)10-7-6-9(14)8-11(10)15/h6-8,12,17H,5,16H2,1-4H3. The van der Waals surface area contributed by atoms with Gasteiger partial charge in [0.1, 0.15) is 11.6 Å². The fourth-order valence-corrected chi connectivity index (χ4v) is 2.12. The molecule has 2 atom stereocenters. The highest BCUT2D eigenvalue weighted by atomic mass is 19.1. The lowest BCUT2D eigenvalue weighted by molar-refractivity contribution is 0.111. The van der Waals surface area contributed by atoms with Crippen LogP contribution in [0, 0.1) is 11.6 Å². The molecule has 18 heavy (non-hydrogen) atoms. The van der Waals surface area contributed by atoms with Crippen LogP contribution in [0.5, 0.6) is 0 Å². The maximum Gasteiger partial charge on any atom is 0.131 e. The van der Waals surface area contributed by atoms with E-state index < -0.39 is 17.7 Å². The molecule has 0 heterocycles. The Bertz CT molecular complexity index is 409. The highest BCUT2D eigenvalue weighted by Crippen LogP contribution is 2.33. The van der Waals surface area contributed by atoms with Crippen LogP contribution in [0.15, 0.2) is 18.2 Å². The second-order valence-corrected chi connectivity index (χ2v) is 4.87. The van der Waals surface area contributed by atoms with Crippen molar-refractivity contribution in [2.45, 2.75) is 31.8 Å². The van der Waals surface area contributed by atoms with E-state index in [0.29, 0.717) is 5.56 Å². The quantitative estimate of drug-likeness (QED) is 0.627. The van der Waals surface area contributed by atoms with Crippen LogP contribution in [0.3, 0.4) is 0 Å². The molecule has 0 radical (unpaired) electrons. The second kappa shape index (κ2) is 5.73. The van der Waals surface area contributed by atoms with Crippen LogP contribution < -0.4 is 11.3 Å². The second-order valence-electron chi connectivity index (χ2n) is 4.87. The fourth-order valence-electron chi connectivity index (χ4n) is 2.12. The minimum atomic E-state index is -0.588. The Morgan fingerprint density at radius 2 is 2.00 bits per heavy atom. The number of nitrogens with one attached hydrogen (secondary N) is 1. The lowest BCUT2D eigenvalue weighted by Crippen LogP contribution is -2.53. The summed E-state index contributed by atoms with van der Waals surface area (Å²) in [5, 5.41) is 0. The number of nitrogens with two attached hydrogens (primary N) is 1. The Hall–Kier alpha value is -1.04. The molecule has 3 nitrogen and oxygen atoms in total. The van der Waals surface area contributed by atoms with E-state index >= 15 is 0 Å². The average Bonchev–Trinajstić information content (AvgIpc) is 2.32. The smallest absolute Gasteiger partial charge is 0.131 e. The van der Waals surface area contributed by atoms with E-state index in [9.17, 15) is 8.78 Å². The molecular weight excluding hydrogens is 236 g/mol. The molecule has 5 heteroatoms. The Kier molecular flexibility index (Phi) is 4.78. The third kappa shape index (κ3) is 2.68. The van der Waals surface area contributed by atoms with Crippen molar-refractivity contribution < 1.29 is 8.78 Å². The molecule has 102 valence electrons. The van der Waals surface area contributed by atoms with Crippen molar-refractivity contribution in [2.24, 2.45) is 5.84 Å². The highest BCUT2D eigenvalue weighted by Gasteiger charge is 2.36. The number of hydrazine groups is 1. The number of benzene rings is 1. The molecular formula is C13H21F2N3. The Balaban J connectivity index is 3.24. The zero-order valence-electron chi connectivity index (χ0n) is 11.3. The van der Waals surface area contributed by atoms with Crippen molar-refractivity contribution in [3.8, 4) is 0 Å². The largest absolute Gasteiger partial charge is 0.302 e. The molecule has 2 unspecified atom stereocenters. The first kappa shape index (κ1) is 15.0. The molecule has 1 aromatic rings. The van der Waals surface area contributed by atoms with E-state index in [1.807, 2.05) is 32.8 Å². The summed E-state index contributed by atoms with van der Waals surface area (Å²) in [6.07, 6.45) is 0.770. The van der Waals surface area contributed by atoms with E-state index in [1.165, 1.54) is 12.1 Å². The van der Waals surface area contributed by atoms with Crippen molar-refractivity contribution >= 4 is 0 Å². The van der Waals surface area contributed by atoms with Gasteiger partial charge in [-0.05, 0) is 33.5 Å². The van der Waals surface area contributed by atoms with E-state index in [4.69, 9.17) is 5.84 Å². The van der Waals surface area contributed by atoms with Gasteiger partial charge in [-0.3, -0.25) is 11.3 Å². The molecule has 0 aliphatic heterocycles. The molecule has 0 saturated carbocycles. The average molecular weight is 257 g/mol. The number of rotatable bonds is 5. The summed E-state index contributed by atoms with van der Waals surface area (Å²) in [5.74, 6) is 4.40. The van der Waals surface area contributed by atoms with Crippen molar-refractivity contribution in [2.75, 3.05) is 14.1 Å². The number of likely N-dealkylation sites (N-methyl/N-ethyl adjacent to an activating group) is 1. The molecule has 0 spiro atoms. The topological polar surface area (TPSA) is 41.3 Å². The molecule has 0 amide bonds. The molecule has 0 aliphatic carbocycles. The van der Waals surface area contributed by atoms with E-state index in [2.05, 4.69) is 5.43 Å². The summed E-state index contributed by atoms with van der Waals surface area (Å²) in [6, 6.07) is 3.14. The Labute approximate surface area is 107 Å². The van der Waals surface area contributed by atoms with Gasteiger partial charge < -0.3 is 4.90 Å². The first-order valence-corrected chi connectivity index (χ1v) is 5.95. The lowest BCUT2D eigenvalue weighted by atomic mass is 9.83. The number of halogens is 2. The summed E-state index contributed by atoms with van der Waals surface area (Å²) in [5.41, 5.74) is 2.65. The molecule has 0 aliphatic rings. The lowest BCUT2D eigenvalue weighted by Gasteiger charge is -2.42. The first-order valence-electron chi connectivity index (χ1n) is 5.95. The van der Waals surface area contributed by atoms with Gasteiger partial charge in [-0.25, -0.2) is 8.78 Å². The summed E-state index contributed by atoms with van der Waals surface area (Å²) < 4.78 is 26.8. The van der Waals surface area contributed by atoms with Gasteiger partial charge in [0.25, 0.3) is 0 Å². The molecule has 3 N–H and O–H groups in total. The van der Waals surface area contributed by atoms with Gasteiger partial charge >= 0.3 is 0 Å². The Morgan fingerprint density at radius 3 is 2.39 bits per heavy atom. The molecule has 1 rings (SSSR count). The van der Waals surface area contributed by atoms with Crippen LogP contribution >= 0.6 is 0 Å². The van der Waals surface area contributed by atoms with Crippen molar-refractivity contribution in [3.05, 3.63) is 35.4 Å². The SMILES string of the molecule is CCC(C)(C(NN)c1ccc(F)cc1F)N(C)C. The summed E-state index contributed by atoms with van der Waals surface area (Å²) in [4.78, 5) is 1.99. The van der Waals surface area contributed by atoms with Gasteiger partial charge in [0.15, 0.2) is 0 Å². The monoisotopic (exact) mass is 257 g/mol. The van der Waals surface area contributed by atoms with Crippen LogP contribution in [0.4, 0.5) is 8.78 Å². The Morgan fingerprint density at radius 1 is 1.39 bits per heavy atom. The fraction of sp³-hybridized carbons (Fsp3) is 0.538. The van der Waals surface area contributed by atoms with Crippen molar-refractivity contribution in [3.63, 3.8) is 0 Å². The van der Waals surface area contributed by atoms with Crippen LogP contribution in [-0.2, 0) is 0 Å². The summed E-state index contributed by atoms with van der Waals surface area (Å²) in [7, 11) is 3.82. The number of hydrogen-bond donors (Lipinski definition) is 2.